The SMILES string of the molecule is FC1S[CH]CSC1F. The highest BCUT2D eigenvalue weighted by molar-refractivity contribution is 8.08. The first-order valence-corrected chi connectivity index (χ1v) is 4.17. The van der Waals surface area contributed by atoms with Gasteiger partial charge in [-0.15, -0.1) is 23.5 Å². The van der Waals surface area contributed by atoms with Gasteiger partial charge in [0, 0.05) is 11.5 Å². The fourth-order valence-electron chi connectivity index (χ4n) is 0.400. The summed E-state index contributed by atoms with van der Waals surface area (Å²) in [6, 6.07) is 0. The minimum absolute atomic E-state index is 0.617. The van der Waals surface area contributed by atoms with Gasteiger partial charge in [0.25, 0.3) is 0 Å². The predicted molar refractivity (Wildman–Crippen MR) is 34.1 cm³/mol. The van der Waals surface area contributed by atoms with Crippen LogP contribution in [0.4, 0.5) is 8.78 Å². The number of rotatable bonds is 0. The van der Waals surface area contributed by atoms with Gasteiger partial charge in [0.15, 0.2) is 11.0 Å². The van der Waals surface area contributed by atoms with E-state index in [9.17, 15) is 8.78 Å². The van der Waals surface area contributed by atoms with Crippen LogP contribution in [0.2, 0.25) is 0 Å². The number of halogens is 2. The number of hydrogen-bond acceptors (Lipinski definition) is 2. The van der Waals surface area contributed by atoms with Crippen LogP contribution in [0, 0.1) is 5.75 Å². The second-order valence-electron chi connectivity index (χ2n) is 1.34. The van der Waals surface area contributed by atoms with E-state index in [2.05, 4.69) is 0 Å². The minimum Gasteiger partial charge on any atom is -0.231 e. The smallest absolute Gasteiger partial charge is 0.186 e. The van der Waals surface area contributed by atoms with Gasteiger partial charge in [-0.05, 0) is 0 Å². The molecule has 0 spiro atoms. The molecule has 1 radical (unpaired) electrons. The summed E-state index contributed by atoms with van der Waals surface area (Å²) in [6.07, 6.45) is 0. The van der Waals surface area contributed by atoms with Crippen LogP contribution in [-0.2, 0) is 0 Å². The lowest BCUT2D eigenvalue weighted by Crippen LogP contribution is -2.14. The zero-order chi connectivity index (χ0) is 5.98. The van der Waals surface area contributed by atoms with E-state index in [1.807, 2.05) is 0 Å². The molecule has 0 aromatic heterocycles. The molecule has 0 nitrogen and oxygen atoms in total. The lowest BCUT2D eigenvalue weighted by atomic mass is 10.8. The molecule has 0 saturated carbocycles. The van der Waals surface area contributed by atoms with Crippen molar-refractivity contribution in [1.29, 1.82) is 0 Å². The maximum atomic E-state index is 12.1. The van der Waals surface area contributed by atoms with Gasteiger partial charge in [-0.1, -0.05) is 0 Å². The quantitative estimate of drug-likeness (QED) is 0.526. The van der Waals surface area contributed by atoms with Gasteiger partial charge in [0.2, 0.25) is 0 Å². The third-order valence-corrected chi connectivity index (χ3v) is 2.91. The van der Waals surface area contributed by atoms with Crippen molar-refractivity contribution in [3.05, 3.63) is 5.75 Å². The van der Waals surface area contributed by atoms with Gasteiger partial charge < -0.3 is 0 Å². The molecule has 1 aliphatic heterocycles. The van der Waals surface area contributed by atoms with Gasteiger partial charge >= 0.3 is 0 Å². The minimum atomic E-state index is -1.34. The Morgan fingerprint density at radius 2 is 2.12 bits per heavy atom. The Hall–Kier alpha value is 0.560. The molecule has 1 aliphatic rings. The normalized spacial score (nSPS) is 39.8. The molecule has 1 saturated heterocycles. The summed E-state index contributed by atoms with van der Waals surface area (Å²) in [5, 5.41) is 0. The van der Waals surface area contributed by atoms with Crippen LogP contribution in [-0.4, -0.2) is 16.8 Å². The van der Waals surface area contributed by atoms with Gasteiger partial charge in [0.05, 0.1) is 0 Å². The molecule has 1 heterocycles. The molecule has 4 heteroatoms. The van der Waals surface area contributed by atoms with E-state index >= 15 is 0 Å². The van der Waals surface area contributed by atoms with E-state index in [0.717, 1.165) is 23.5 Å². The Balaban J connectivity index is 2.28. The second kappa shape index (κ2) is 2.92. The summed E-state index contributed by atoms with van der Waals surface area (Å²) in [7, 11) is 0. The summed E-state index contributed by atoms with van der Waals surface area (Å²) < 4.78 is 24.2. The van der Waals surface area contributed by atoms with Crippen molar-refractivity contribution in [2.45, 2.75) is 11.0 Å². The van der Waals surface area contributed by atoms with Gasteiger partial charge in [-0.2, -0.15) is 0 Å². The molecular formula is C4H5F2S2. The van der Waals surface area contributed by atoms with Gasteiger partial charge in [0.1, 0.15) is 0 Å². The summed E-state index contributed by atoms with van der Waals surface area (Å²) in [6.45, 7) is 0. The monoisotopic (exact) mass is 155 g/mol. The Labute approximate surface area is 55.4 Å². The first-order chi connectivity index (χ1) is 3.80. The molecular weight excluding hydrogens is 150 g/mol. The van der Waals surface area contributed by atoms with Crippen molar-refractivity contribution in [2.75, 3.05) is 5.75 Å². The second-order valence-corrected chi connectivity index (χ2v) is 3.51. The summed E-state index contributed by atoms with van der Waals surface area (Å²) in [5.41, 5.74) is -2.65. The fourth-order valence-corrected chi connectivity index (χ4v) is 2.10. The molecule has 0 aromatic rings. The molecule has 0 aliphatic carbocycles. The number of hydrogen-bond donors (Lipinski definition) is 0. The highest BCUT2D eigenvalue weighted by Crippen LogP contribution is 2.35. The summed E-state index contributed by atoms with van der Waals surface area (Å²) >= 11 is 1.95. The van der Waals surface area contributed by atoms with E-state index < -0.39 is 11.0 Å². The van der Waals surface area contributed by atoms with Crippen LogP contribution in [0.3, 0.4) is 0 Å². The van der Waals surface area contributed by atoms with Gasteiger partial charge in [-0.25, -0.2) is 8.78 Å². The average molecular weight is 155 g/mol. The largest absolute Gasteiger partial charge is 0.231 e. The molecule has 8 heavy (non-hydrogen) atoms. The van der Waals surface area contributed by atoms with E-state index in [1.165, 1.54) is 0 Å². The molecule has 47 valence electrons. The molecule has 0 bridgehead atoms. The zero-order valence-electron chi connectivity index (χ0n) is 4.01. The Morgan fingerprint density at radius 3 is 2.50 bits per heavy atom. The summed E-state index contributed by atoms with van der Waals surface area (Å²) in [5.74, 6) is 2.30. The van der Waals surface area contributed by atoms with E-state index in [-0.39, 0.29) is 0 Å². The van der Waals surface area contributed by atoms with E-state index in [4.69, 9.17) is 0 Å². The van der Waals surface area contributed by atoms with E-state index in [1.54, 1.807) is 5.75 Å². The number of thioether (sulfide) groups is 2. The predicted octanol–water partition coefficient (Wildman–Crippen LogP) is 2.22. The lowest BCUT2D eigenvalue weighted by Gasteiger charge is -2.16. The van der Waals surface area contributed by atoms with Crippen molar-refractivity contribution in [1.82, 2.24) is 0 Å². The first-order valence-electron chi connectivity index (χ1n) is 2.17. The maximum Gasteiger partial charge on any atom is 0.186 e. The molecule has 0 aromatic carbocycles. The molecule has 2 unspecified atom stereocenters. The Kier molecular flexibility index (Phi) is 2.43. The Morgan fingerprint density at radius 1 is 1.38 bits per heavy atom. The zero-order valence-corrected chi connectivity index (χ0v) is 5.64. The van der Waals surface area contributed by atoms with Crippen LogP contribution in [0.5, 0.6) is 0 Å². The van der Waals surface area contributed by atoms with Crippen molar-refractivity contribution in [3.8, 4) is 0 Å². The van der Waals surface area contributed by atoms with Crippen molar-refractivity contribution < 1.29 is 8.78 Å². The third kappa shape index (κ3) is 1.52. The molecule has 0 N–H and O–H groups in total. The van der Waals surface area contributed by atoms with Crippen LogP contribution in [0.25, 0.3) is 0 Å². The van der Waals surface area contributed by atoms with Crippen molar-refractivity contribution in [3.63, 3.8) is 0 Å². The highest BCUT2D eigenvalue weighted by Gasteiger charge is 2.24. The topological polar surface area (TPSA) is 0 Å². The van der Waals surface area contributed by atoms with Crippen molar-refractivity contribution >= 4 is 23.5 Å². The standard InChI is InChI=1S/C4H5F2S2/c5-3-4(6)8-2-1-7-3/h1,3-4H,2H2. The lowest BCUT2D eigenvalue weighted by molar-refractivity contribution is 0.317. The fraction of sp³-hybridized carbons (Fsp3) is 0.750. The molecule has 1 rings (SSSR count). The van der Waals surface area contributed by atoms with Crippen LogP contribution in [0.15, 0.2) is 0 Å². The maximum absolute atomic E-state index is 12.1. The van der Waals surface area contributed by atoms with Crippen LogP contribution >= 0.6 is 23.5 Å². The molecule has 2 atom stereocenters. The third-order valence-electron chi connectivity index (χ3n) is 0.756. The van der Waals surface area contributed by atoms with Crippen LogP contribution in [0.1, 0.15) is 0 Å². The van der Waals surface area contributed by atoms with Gasteiger partial charge in [-0.3, -0.25) is 0 Å². The van der Waals surface area contributed by atoms with Crippen molar-refractivity contribution in [2.24, 2.45) is 0 Å². The molecule has 1 fully saturated rings. The summed E-state index contributed by atoms with van der Waals surface area (Å²) in [4.78, 5) is 0. The first kappa shape index (κ1) is 6.68. The van der Waals surface area contributed by atoms with Crippen LogP contribution < -0.4 is 0 Å². The Bertz CT molecular complexity index is 68.4. The van der Waals surface area contributed by atoms with E-state index in [0.29, 0.717) is 5.75 Å². The average Bonchev–Trinajstić information content (AvgIpc) is 1.77. The number of alkyl halides is 2. The molecule has 0 amide bonds. The highest BCUT2D eigenvalue weighted by atomic mass is 32.2.